The fraction of sp³-hybridized carbons (Fsp3) is 0.800. The summed E-state index contributed by atoms with van der Waals surface area (Å²) < 4.78 is 0. The molecular formula is C10H20N2O4. The van der Waals surface area contributed by atoms with Gasteiger partial charge in [-0.2, -0.15) is 0 Å². The van der Waals surface area contributed by atoms with E-state index in [0.717, 1.165) is 0 Å². The van der Waals surface area contributed by atoms with Crippen LogP contribution < -0.4 is 10.6 Å². The summed E-state index contributed by atoms with van der Waals surface area (Å²) in [4.78, 5) is 22.6. The van der Waals surface area contributed by atoms with Gasteiger partial charge in [0.25, 0.3) is 0 Å². The van der Waals surface area contributed by atoms with Crippen LogP contribution in [0.2, 0.25) is 0 Å². The summed E-state index contributed by atoms with van der Waals surface area (Å²) in [6.45, 7) is 3.18. The summed E-state index contributed by atoms with van der Waals surface area (Å²) in [6, 6.07) is -0.820. The SMILES string of the molecule is CCC(CO)NC(=O)C(=O)NC(CC)CO. The highest BCUT2D eigenvalue weighted by Gasteiger charge is 2.19. The molecule has 2 atom stereocenters. The second kappa shape index (κ2) is 8.06. The van der Waals surface area contributed by atoms with Gasteiger partial charge in [0.15, 0.2) is 0 Å². The van der Waals surface area contributed by atoms with E-state index in [1.807, 2.05) is 0 Å². The Morgan fingerprint density at radius 1 is 0.938 bits per heavy atom. The van der Waals surface area contributed by atoms with Gasteiger partial charge in [-0.15, -0.1) is 0 Å². The zero-order valence-corrected chi connectivity index (χ0v) is 9.69. The molecule has 0 saturated heterocycles. The van der Waals surface area contributed by atoms with E-state index < -0.39 is 23.9 Å². The molecule has 0 aromatic carbocycles. The molecule has 4 N–H and O–H groups in total. The van der Waals surface area contributed by atoms with Crippen molar-refractivity contribution in [2.45, 2.75) is 38.8 Å². The molecule has 0 aromatic heterocycles. The Kier molecular flexibility index (Phi) is 7.49. The molecule has 0 aliphatic carbocycles. The van der Waals surface area contributed by atoms with E-state index in [1.54, 1.807) is 13.8 Å². The Morgan fingerprint density at radius 3 is 1.44 bits per heavy atom. The molecule has 0 spiro atoms. The second-order valence-corrected chi connectivity index (χ2v) is 3.52. The first-order chi connectivity index (χ1) is 7.58. The Hall–Kier alpha value is -1.14. The Bertz CT molecular complexity index is 201. The van der Waals surface area contributed by atoms with Gasteiger partial charge in [-0.3, -0.25) is 9.59 Å². The number of rotatable bonds is 6. The van der Waals surface area contributed by atoms with Crippen molar-refractivity contribution in [1.82, 2.24) is 10.6 Å². The maximum absolute atomic E-state index is 11.3. The molecule has 0 bridgehead atoms. The van der Waals surface area contributed by atoms with Crippen LogP contribution in [0, 0.1) is 0 Å². The quantitative estimate of drug-likeness (QED) is 0.430. The Labute approximate surface area is 95.0 Å². The van der Waals surface area contributed by atoms with Crippen molar-refractivity contribution in [2.24, 2.45) is 0 Å². The molecule has 6 nitrogen and oxygen atoms in total. The molecule has 0 heterocycles. The minimum Gasteiger partial charge on any atom is -0.394 e. The highest BCUT2D eigenvalue weighted by molar-refractivity contribution is 6.35. The predicted molar refractivity (Wildman–Crippen MR) is 58.6 cm³/mol. The Morgan fingerprint density at radius 2 is 1.25 bits per heavy atom. The Balaban J connectivity index is 4.12. The molecule has 94 valence electrons. The highest BCUT2D eigenvalue weighted by atomic mass is 16.3. The summed E-state index contributed by atoms with van der Waals surface area (Å²) >= 11 is 0. The molecule has 0 saturated carbocycles. The van der Waals surface area contributed by atoms with Gasteiger partial charge in [0.1, 0.15) is 0 Å². The third kappa shape index (κ3) is 5.09. The van der Waals surface area contributed by atoms with E-state index >= 15 is 0 Å². The van der Waals surface area contributed by atoms with E-state index in [2.05, 4.69) is 10.6 Å². The maximum atomic E-state index is 11.3. The van der Waals surface area contributed by atoms with Crippen molar-refractivity contribution in [3.8, 4) is 0 Å². The van der Waals surface area contributed by atoms with Crippen molar-refractivity contribution in [3.63, 3.8) is 0 Å². The number of carbonyl (C=O) groups excluding carboxylic acids is 2. The van der Waals surface area contributed by atoms with E-state index in [9.17, 15) is 9.59 Å². The highest BCUT2D eigenvalue weighted by Crippen LogP contribution is 1.91. The van der Waals surface area contributed by atoms with E-state index in [-0.39, 0.29) is 13.2 Å². The normalized spacial score (nSPS) is 14.0. The molecule has 16 heavy (non-hydrogen) atoms. The van der Waals surface area contributed by atoms with Gasteiger partial charge in [0, 0.05) is 0 Å². The van der Waals surface area contributed by atoms with Crippen molar-refractivity contribution in [3.05, 3.63) is 0 Å². The van der Waals surface area contributed by atoms with Crippen LogP contribution in [-0.2, 0) is 9.59 Å². The van der Waals surface area contributed by atoms with Gasteiger partial charge in [-0.25, -0.2) is 0 Å². The molecule has 2 unspecified atom stereocenters. The number of hydrogen-bond donors (Lipinski definition) is 4. The fourth-order valence-corrected chi connectivity index (χ4v) is 1.06. The largest absolute Gasteiger partial charge is 0.394 e. The number of carbonyl (C=O) groups is 2. The van der Waals surface area contributed by atoms with Gasteiger partial charge in [0.2, 0.25) is 0 Å². The minimum absolute atomic E-state index is 0.202. The van der Waals surface area contributed by atoms with Crippen molar-refractivity contribution in [2.75, 3.05) is 13.2 Å². The maximum Gasteiger partial charge on any atom is 0.309 e. The van der Waals surface area contributed by atoms with Crippen molar-refractivity contribution < 1.29 is 19.8 Å². The third-order valence-electron chi connectivity index (χ3n) is 2.30. The molecule has 0 aliphatic heterocycles. The molecule has 0 aliphatic rings. The van der Waals surface area contributed by atoms with Crippen LogP contribution in [0.5, 0.6) is 0 Å². The number of hydrogen-bond acceptors (Lipinski definition) is 4. The number of aliphatic hydroxyl groups is 2. The van der Waals surface area contributed by atoms with Crippen LogP contribution >= 0.6 is 0 Å². The average molecular weight is 232 g/mol. The molecule has 0 fully saturated rings. The molecule has 6 heteroatoms. The summed E-state index contributed by atoms with van der Waals surface area (Å²) in [6.07, 6.45) is 1.10. The second-order valence-electron chi connectivity index (χ2n) is 3.52. The van der Waals surface area contributed by atoms with E-state index in [4.69, 9.17) is 10.2 Å². The van der Waals surface area contributed by atoms with Gasteiger partial charge in [0.05, 0.1) is 25.3 Å². The first kappa shape index (κ1) is 14.9. The van der Waals surface area contributed by atoms with Gasteiger partial charge in [-0.1, -0.05) is 13.8 Å². The zero-order valence-electron chi connectivity index (χ0n) is 9.69. The topological polar surface area (TPSA) is 98.7 Å². The molecule has 0 rings (SSSR count). The summed E-state index contributed by atoms with van der Waals surface area (Å²) in [5.74, 6) is -1.57. The standard InChI is InChI=1S/C10H20N2O4/c1-3-7(5-13)11-9(15)10(16)12-8(4-2)6-14/h7-8,13-14H,3-6H2,1-2H3,(H,11,15)(H,12,16). The van der Waals surface area contributed by atoms with Crippen LogP contribution in [0.15, 0.2) is 0 Å². The van der Waals surface area contributed by atoms with Crippen LogP contribution in [0.25, 0.3) is 0 Å². The lowest BCUT2D eigenvalue weighted by molar-refractivity contribution is -0.140. The lowest BCUT2D eigenvalue weighted by Crippen LogP contribution is -2.49. The summed E-state index contributed by atoms with van der Waals surface area (Å²) in [5.41, 5.74) is 0. The molecular weight excluding hydrogens is 212 g/mol. The van der Waals surface area contributed by atoms with Gasteiger partial charge in [-0.05, 0) is 12.8 Å². The lowest BCUT2D eigenvalue weighted by atomic mass is 10.2. The van der Waals surface area contributed by atoms with Crippen LogP contribution in [0.3, 0.4) is 0 Å². The van der Waals surface area contributed by atoms with Crippen molar-refractivity contribution in [1.29, 1.82) is 0 Å². The number of aliphatic hydroxyl groups excluding tert-OH is 2. The van der Waals surface area contributed by atoms with E-state index in [1.165, 1.54) is 0 Å². The summed E-state index contributed by atoms with van der Waals surface area (Å²) in [5, 5.41) is 22.5. The average Bonchev–Trinajstić information content (AvgIpc) is 2.32. The van der Waals surface area contributed by atoms with Crippen LogP contribution in [-0.4, -0.2) is 47.3 Å². The monoisotopic (exact) mass is 232 g/mol. The van der Waals surface area contributed by atoms with Crippen LogP contribution in [0.1, 0.15) is 26.7 Å². The van der Waals surface area contributed by atoms with Crippen LogP contribution in [0.4, 0.5) is 0 Å². The number of amides is 2. The minimum atomic E-state index is -0.784. The molecule has 0 aromatic rings. The van der Waals surface area contributed by atoms with Gasteiger partial charge >= 0.3 is 11.8 Å². The fourth-order valence-electron chi connectivity index (χ4n) is 1.06. The lowest BCUT2D eigenvalue weighted by Gasteiger charge is -2.16. The predicted octanol–water partition coefficient (Wildman–Crippen LogP) is -1.24. The smallest absolute Gasteiger partial charge is 0.309 e. The summed E-state index contributed by atoms with van der Waals surface area (Å²) in [7, 11) is 0. The van der Waals surface area contributed by atoms with Gasteiger partial charge < -0.3 is 20.8 Å². The first-order valence-electron chi connectivity index (χ1n) is 5.42. The first-order valence-corrected chi connectivity index (χ1v) is 5.42. The number of nitrogens with one attached hydrogen (secondary N) is 2. The van der Waals surface area contributed by atoms with E-state index in [0.29, 0.717) is 12.8 Å². The van der Waals surface area contributed by atoms with Crippen molar-refractivity contribution >= 4 is 11.8 Å². The third-order valence-corrected chi connectivity index (χ3v) is 2.30. The molecule has 0 radical (unpaired) electrons. The molecule has 2 amide bonds. The zero-order chi connectivity index (χ0) is 12.6.